The molecule has 20 heavy (non-hydrogen) atoms. The minimum atomic E-state index is -0.0877. The zero-order valence-corrected chi connectivity index (χ0v) is 11.7. The number of amides is 2. The molecule has 1 aliphatic rings. The summed E-state index contributed by atoms with van der Waals surface area (Å²) in [6.07, 6.45) is 1.09. The van der Waals surface area contributed by atoms with Gasteiger partial charge < -0.3 is 15.0 Å². The Kier molecular flexibility index (Phi) is 4.98. The molecule has 0 aliphatic carbocycles. The summed E-state index contributed by atoms with van der Waals surface area (Å²) in [6.45, 7) is 3.77. The van der Waals surface area contributed by atoms with Crippen molar-refractivity contribution in [3.05, 3.63) is 29.8 Å². The van der Waals surface area contributed by atoms with E-state index in [1.54, 1.807) is 4.90 Å². The van der Waals surface area contributed by atoms with E-state index in [9.17, 15) is 9.59 Å². The number of benzene rings is 1. The quantitative estimate of drug-likeness (QED) is 0.896. The molecule has 5 nitrogen and oxygen atoms in total. The maximum Gasteiger partial charge on any atom is 0.239 e. The van der Waals surface area contributed by atoms with Crippen LogP contribution in [0.2, 0.25) is 0 Å². The molecule has 0 aromatic heterocycles. The fraction of sp³-hybridized carbons (Fsp3) is 0.467. The lowest BCUT2D eigenvalue weighted by Gasteiger charge is -2.19. The molecule has 1 aromatic rings. The van der Waals surface area contributed by atoms with Crippen molar-refractivity contribution >= 4 is 11.8 Å². The van der Waals surface area contributed by atoms with E-state index in [4.69, 9.17) is 4.74 Å². The van der Waals surface area contributed by atoms with Crippen LogP contribution >= 0.6 is 0 Å². The number of ether oxygens (including phenoxy) is 1. The van der Waals surface area contributed by atoms with Gasteiger partial charge in [-0.3, -0.25) is 9.59 Å². The highest BCUT2D eigenvalue weighted by molar-refractivity contribution is 5.85. The van der Waals surface area contributed by atoms with Gasteiger partial charge in [-0.1, -0.05) is 17.7 Å². The summed E-state index contributed by atoms with van der Waals surface area (Å²) in [5.74, 6) is 0.640. The fourth-order valence-corrected chi connectivity index (χ4v) is 2.07. The molecule has 0 spiro atoms. The molecule has 0 atom stereocenters. The monoisotopic (exact) mass is 276 g/mol. The zero-order valence-electron chi connectivity index (χ0n) is 11.7. The van der Waals surface area contributed by atoms with Crippen LogP contribution in [0, 0.1) is 6.92 Å². The smallest absolute Gasteiger partial charge is 0.239 e. The van der Waals surface area contributed by atoms with Crippen molar-refractivity contribution < 1.29 is 14.3 Å². The van der Waals surface area contributed by atoms with Gasteiger partial charge in [0.05, 0.1) is 19.6 Å². The summed E-state index contributed by atoms with van der Waals surface area (Å²) >= 11 is 0. The van der Waals surface area contributed by atoms with Crippen molar-refractivity contribution in [2.24, 2.45) is 0 Å². The van der Waals surface area contributed by atoms with Gasteiger partial charge in [-0.15, -0.1) is 0 Å². The average Bonchev–Trinajstić information content (AvgIpc) is 2.65. The Morgan fingerprint density at radius 3 is 2.85 bits per heavy atom. The summed E-state index contributed by atoms with van der Waals surface area (Å²) < 4.78 is 5.53. The maximum absolute atomic E-state index is 12.0. The third-order valence-corrected chi connectivity index (χ3v) is 3.22. The Morgan fingerprint density at radius 2 is 2.10 bits per heavy atom. The van der Waals surface area contributed by atoms with Crippen LogP contribution in [0.3, 0.4) is 0 Å². The van der Waals surface area contributed by atoms with Crippen LogP contribution < -0.4 is 10.1 Å². The van der Waals surface area contributed by atoms with Gasteiger partial charge in [-0.05, 0) is 25.5 Å². The normalized spacial score (nSPS) is 15.4. The predicted molar refractivity (Wildman–Crippen MR) is 75.5 cm³/mol. The largest absolute Gasteiger partial charge is 0.493 e. The Hall–Kier alpha value is -2.04. The summed E-state index contributed by atoms with van der Waals surface area (Å²) in [6, 6.07) is 7.71. The number of hydrogen-bond acceptors (Lipinski definition) is 3. The molecule has 0 unspecified atom stereocenters. The molecule has 5 heteroatoms. The van der Waals surface area contributed by atoms with Crippen LogP contribution in [0.25, 0.3) is 0 Å². The minimum absolute atomic E-state index is 0.0332. The molecule has 0 bridgehead atoms. The molecule has 0 radical (unpaired) electrons. The van der Waals surface area contributed by atoms with E-state index in [1.807, 2.05) is 31.2 Å². The number of nitrogens with one attached hydrogen (secondary N) is 1. The number of hydrogen-bond donors (Lipinski definition) is 1. The molecule has 2 rings (SSSR count). The number of rotatable bonds is 4. The lowest BCUT2D eigenvalue weighted by Crippen LogP contribution is -2.37. The summed E-state index contributed by atoms with van der Waals surface area (Å²) in [7, 11) is 0. The maximum atomic E-state index is 12.0. The lowest BCUT2D eigenvalue weighted by molar-refractivity contribution is -0.135. The van der Waals surface area contributed by atoms with E-state index >= 15 is 0 Å². The van der Waals surface area contributed by atoms with Crippen molar-refractivity contribution in [2.75, 3.05) is 26.2 Å². The molecule has 2 amide bonds. The molecule has 1 aliphatic heterocycles. The SMILES string of the molecule is Cc1ccc(OCCC(=O)N2CCCNC(=O)C2)cc1. The van der Waals surface area contributed by atoms with Gasteiger partial charge in [-0.2, -0.15) is 0 Å². The first kappa shape index (κ1) is 14.4. The van der Waals surface area contributed by atoms with Gasteiger partial charge in [0.15, 0.2) is 0 Å². The fourth-order valence-electron chi connectivity index (χ4n) is 2.07. The van der Waals surface area contributed by atoms with Crippen LogP contribution in [0.15, 0.2) is 24.3 Å². The van der Waals surface area contributed by atoms with Crippen molar-refractivity contribution in [3.8, 4) is 5.75 Å². The molecular formula is C15H20N2O3. The van der Waals surface area contributed by atoms with Gasteiger partial charge in [0.2, 0.25) is 11.8 Å². The first-order valence-corrected chi connectivity index (χ1v) is 6.89. The average molecular weight is 276 g/mol. The van der Waals surface area contributed by atoms with E-state index in [0.717, 1.165) is 12.2 Å². The Morgan fingerprint density at radius 1 is 1.35 bits per heavy atom. The van der Waals surface area contributed by atoms with Crippen LogP contribution in [-0.2, 0) is 9.59 Å². The Balaban J connectivity index is 1.76. The summed E-state index contributed by atoms with van der Waals surface area (Å²) in [5.41, 5.74) is 1.17. The first-order chi connectivity index (χ1) is 9.65. The molecular weight excluding hydrogens is 256 g/mol. The molecule has 1 heterocycles. The topological polar surface area (TPSA) is 58.6 Å². The molecule has 1 N–H and O–H groups in total. The minimum Gasteiger partial charge on any atom is -0.493 e. The van der Waals surface area contributed by atoms with Gasteiger partial charge in [0.1, 0.15) is 5.75 Å². The number of nitrogens with zero attached hydrogens (tertiary/aromatic N) is 1. The van der Waals surface area contributed by atoms with Crippen molar-refractivity contribution in [1.82, 2.24) is 10.2 Å². The third-order valence-electron chi connectivity index (χ3n) is 3.22. The Labute approximate surface area is 118 Å². The number of carbonyl (C=O) groups excluding carboxylic acids is 2. The number of aryl methyl sites for hydroxylation is 1. The van der Waals surface area contributed by atoms with Crippen molar-refractivity contribution in [2.45, 2.75) is 19.8 Å². The molecule has 1 saturated heterocycles. The van der Waals surface area contributed by atoms with Gasteiger partial charge in [-0.25, -0.2) is 0 Å². The molecule has 1 fully saturated rings. The second kappa shape index (κ2) is 6.93. The second-order valence-corrected chi connectivity index (χ2v) is 4.93. The van der Waals surface area contributed by atoms with Crippen LogP contribution in [-0.4, -0.2) is 43.0 Å². The van der Waals surface area contributed by atoms with Gasteiger partial charge >= 0.3 is 0 Å². The summed E-state index contributed by atoms with van der Waals surface area (Å²) in [5, 5.41) is 2.75. The number of carbonyl (C=O) groups is 2. The van der Waals surface area contributed by atoms with E-state index in [-0.39, 0.29) is 18.4 Å². The predicted octanol–water partition coefficient (Wildman–Crippen LogP) is 1.11. The highest BCUT2D eigenvalue weighted by atomic mass is 16.5. The van der Waals surface area contributed by atoms with Gasteiger partial charge in [0.25, 0.3) is 0 Å². The highest BCUT2D eigenvalue weighted by Crippen LogP contribution is 2.11. The van der Waals surface area contributed by atoms with Crippen LogP contribution in [0.4, 0.5) is 0 Å². The Bertz CT molecular complexity index is 471. The van der Waals surface area contributed by atoms with Crippen LogP contribution in [0.1, 0.15) is 18.4 Å². The van der Waals surface area contributed by atoms with Crippen molar-refractivity contribution in [3.63, 3.8) is 0 Å². The highest BCUT2D eigenvalue weighted by Gasteiger charge is 2.19. The molecule has 0 saturated carbocycles. The summed E-state index contributed by atoms with van der Waals surface area (Å²) in [4.78, 5) is 25.0. The van der Waals surface area contributed by atoms with Crippen molar-refractivity contribution in [1.29, 1.82) is 0 Å². The zero-order chi connectivity index (χ0) is 14.4. The van der Waals surface area contributed by atoms with E-state index in [1.165, 1.54) is 5.56 Å². The molecule has 1 aromatic carbocycles. The van der Waals surface area contributed by atoms with Crippen LogP contribution in [0.5, 0.6) is 5.75 Å². The van der Waals surface area contributed by atoms with E-state index in [0.29, 0.717) is 26.1 Å². The van der Waals surface area contributed by atoms with E-state index < -0.39 is 0 Å². The standard InChI is InChI=1S/C15H20N2O3/c1-12-3-5-13(6-4-12)20-10-7-15(19)17-9-2-8-16-14(18)11-17/h3-6H,2,7-11H2,1H3,(H,16,18). The van der Waals surface area contributed by atoms with Gasteiger partial charge in [0, 0.05) is 13.1 Å². The lowest BCUT2D eigenvalue weighted by atomic mass is 10.2. The third kappa shape index (κ3) is 4.26. The molecule has 108 valence electrons. The first-order valence-electron chi connectivity index (χ1n) is 6.89. The second-order valence-electron chi connectivity index (χ2n) is 4.93. The van der Waals surface area contributed by atoms with E-state index in [2.05, 4.69) is 5.32 Å².